The van der Waals surface area contributed by atoms with Gasteiger partial charge in [-0.1, -0.05) is 12.2 Å². The highest BCUT2D eigenvalue weighted by Crippen LogP contribution is 2.22. The van der Waals surface area contributed by atoms with Crippen molar-refractivity contribution in [2.45, 2.75) is 18.6 Å². The van der Waals surface area contributed by atoms with Gasteiger partial charge in [0.15, 0.2) is 5.60 Å². The summed E-state index contributed by atoms with van der Waals surface area (Å²) in [7, 11) is 0. The largest absolute Gasteiger partial charge is 0.377 e. The highest BCUT2D eigenvalue weighted by molar-refractivity contribution is 5.92. The first-order chi connectivity index (χ1) is 7.06. The number of carbonyl (C=O) groups is 1. The maximum Gasteiger partial charge on any atom is 0.255 e. The van der Waals surface area contributed by atoms with Gasteiger partial charge in [-0.3, -0.25) is 9.69 Å². The van der Waals surface area contributed by atoms with Gasteiger partial charge < -0.3 is 10.4 Å². The normalized spacial score (nSPS) is 26.7. The number of aliphatic hydroxyl groups is 1. The van der Waals surface area contributed by atoms with E-state index < -0.39 is 5.60 Å². The zero-order chi connectivity index (χ0) is 11.5. The molecule has 0 bridgehead atoms. The number of nitrogens with zero attached hydrogens (tertiary/aromatic N) is 1. The van der Waals surface area contributed by atoms with Crippen LogP contribution in [0.2, 0.25) is 0 Å². The third kappa shape index (κ3) is 2.11. The van der Waals surface area contributed by atoms with E-state index in [0.29, 0.717) is 19.6 Å². The van der Waals surface area contributed by atoms with Gasteiger partial charge in [0.25, 0.3) is 5.91 Å². The van der Waals surface area contributed by atoms with Crippen molar-refractivity contribution in [3.05, 3.63) is 25.3 Å². The molecule has 2 atom stereocenters. The summed E-state index contributed by atoms with van der Waals surface area (Å²) in [5.74, 6) is -0.298. The van der Waals surface area contributed by atoms with Crippen LogP contribution < -0.4 is 5.32 Å². The summed E-state index contributed by atoms with van der Waals surface area (Å²) < 4.78 is 0. The first-order valence-corrected chi connectivity index (χ1v) is 5.02. The molecule has 15 heavy (non-hydrogen) atoms. The van der Waals surface area contributed by atoms with E-state index in [9.17, 15) is 9.90 Å². The van der Waals surface area contributed by atoms with Crippen molar-refractivity contribution in [1.29, 1.82) is 0 Å². The molecule has 2 N–H and O–H groups in total. The molecule has 1 heterocycles. The molecule has 1 amide bonds. The fraction of sp³-hybridized carbons (Fsp3) is 0.545. The van der Waals surface area contributed by atoms with Gasteiger partial charge in [0.05, 0.1) is 6.54 Å². The summed E-state index contributed by atoms with van der Waals surface area (Å²) >= 11 is 0. The summed E-state index contributed by atoms with van der Waals surface area (Å²) in [6.07, 6.45) is 3.50. The molecule has 2 unspecified atom stereocenters. The van der Waals surface area contributed by atoms with E-state index in [1.165, 1.54) is 0 Å². The third-order valence-electron chi connectivity index (χ3n) is 2.88. The van der Waals surface area contributed by atoms with Crippen LogP contribution >= 0.6 is 0 Å². The Morgan fingerprint density at radius 1 is 1.60 bits per heavy atom. The van der Waals surface area contributed by atoms with Gasteiger partial charge in [-0.25, -0.2) is 0 Å². The maximum atomic E-state index is 11.3. The molecule has 0 aromatic carbocycles. The van der Waals surface area contributed by atoms with Gasteiger partial charge in [-0.05, 0) is 6.92 Å². The Morgan fingerprint density at radius 3 is 2.40 bits per heavy atom. The Kier molecular flexibility index (Phi) is 3.66. The third-order valence-corrected chi connectivity index (χ3v) is 2.88. The van der Waals surface area contributed by atoms with Crippen LogP contribution in [-0.2, 0) is 4.79 Å². The molecule has 0 spiro atoms. The summed E-state index contributed by atoms with van der Waals surface area (Å²) in [6.45, 7) is 10.7. The van der Waals surface area contributed by atoms with E-state index in [1.54, 1.807) is 12.2 Å². The van der Waals surface area contributed by atoms with Crippen LogP contribution in [0.15, 0.2) is 25.3 Å². The summed E-state index contributed by atoms with van der Waals surface area (Å²) in [5, 5.41) is 12.6. The monoisotopic (exact) mass is 210 g/mol. The molecule has 0 radical (unpaired) electrons. The lowest BCUT2D eigenvalue weighted by molar-refractivity contribution is -0.160. The topological polar surface area (TPSA) is 52.6 Å². The molecule has 0 aromatic heterocycles. The van der Waals surface area contributed by atoms with Crippen LogP contribution in [0.25, 0.3) is 0 Å². The van der Waals surface area contributed by atoms with E-state index in [0.717, 1.165) is 0 Å². The lowest BCUT2D eigenvalue weighted by Crippen LogP contribution is -2.72. The van der Waals surface area contributed by atoms with E-state index in [4.69, 9.17) is 0 Å². The van der Waals surface area contributed by atoms with Crippen molar-refractivity contribution in [3.63, 3.8) is 0 Å². The Hall–Kier alpha value is -1.13. The standard InChI is InChI=1S/C11H18N2O2/c1-4-6-13(7-5-2)9(3)11(15)8-12-10(11)14/h4-5,9,15H,1-2,6-8H2,3H3,(H,12,14). The zero-order valence-electron chi connectivity index (χ0n) is 9.07. The second-order valence-corrected chi connectivity index (χ2v) is 3.81. The Balaban J connectivity index is 2.70. The van der Waals surface area contributed by atoms with Crippen LogP contribution in [0.1, 0.15) is 6.92 Å². The number of rotatable bonds is 6. The lowest BCUT2D eigenvalue weighted by Gasteiger charge is -2.44. The Bertz CT molecular complexity index is 268. The Morgan fingerprint density at radius 2 is 2.13 bits per heavy atom. The van der Waals surface area contributed by atoms with Crippen molar-refractivity contribution in [2.24, 2.45) is 0 Å². The van der Waals surface area contributed by atoms with E-state index in [-0.39, 0.29) is 11.9 Å². The molecule has 4 nitrogen and oxygen atoms in total. The number of hydrogen-bond acceptors (Lipinski definition) is 3. The minimum atomic E-state index is -1.26. The van der Waals surface area contributed by atoms with Gasteiger partial charge in [0.1, 0.15) is 0 Å². The van der Waals surface area contributed by atoms with Gasteiger partial charge in [-0.2, -0.15) is 0 Å². The SMILES string of the molecule is C=CCN(CC=C)C(C)C1(O)CNC1=O. The van der Waals surface area contributed by atoms with Gasteiger partial charge in [0.2, 0.25) is 0 Å². The van der Waals surface area contributed by atoms with Gasteiger partial charge in [-0.15, -0.1) is 13.2 Å². The summed E-state index contributed by atoms with van der Waals surface area (Å²) in [4.78, 5) is 13.2. The lowest BCUT2D eigenvalue weighted by atomic mass is 9.87. The predicted octanol–water partition coefficient (Wildman–Crippen LogP) is -0.0902. The second-order valence-electron chi connectivity index (χ2n) is 3.81. The number of amides is 1. The number of hydrogen-bond donors (Lipinski definition) is 2. The van der Waals surface area contributed by atoms with E-state index >= 15 is 0 Å². The molecule has 4 heteroatoms. The van der Waals surface area contributed by atoms with E-state index in [2.05, 4.69) is 18.5 Å². The smallest absolute Gasteiger partial charge is 0.255 e. The quantitative estimate of drug-likeness (QED) is 0.476. The van der Waals surface area contributed by atoms with Gasteiger partial charge >= 0.3 is 0 Å². The highest BCUT2D eigenvalue weighted by Gasteiger charge is 2.50. The van der Waals surface area contributed by atoms with Crippen LogP contribution in [0.4, 0.5) is 0 Å². The molecule has 0 saturated carbocycles. The average molecular weight is 210 g/mol. The zero-order valence-corrected chi connectivity index (χ0v) is 9.07. The molecule has 1 aliphatic heterocycles. The van der Waals surface area contributed by atoms with Gasteiger partial charge in [0, 0.05) is 19.1 Å². The molecular weight excluding hydrogens is 192 g/mol. The molecule has 1 aliphatic rings. The summed E-state index contributed by atoms with van der Waals surface area (Å²) in [5.41, 5.74) is -1.26. The van der Waals surface area contributed by atoms with Crippen LogP contribution in [-0.4, -0.2) is 47.2 Å². The molecule has 84 valence electrons. The first kappa shape index (κ1) is 11.9. The first-order valence-electron chi connectivity index (χ1n) is 5.02. The highest BCUT2D eigenvalue weighted by atomic mass is 16.3. The van der Waals surface area contributed by atoms with Crippen molar-refractivity contribution >= 4 is 5.91 Å². The number of β-lactam (4-membered cyclic amide) rings is 1. The minimum Gasteiger partial charge on any atom is -0.377 e. The van der Waals surface area contributed by atoms with Crippen molar-refractivity contribution in [1.82, 2.24) is 10.2 Å². The number of nitrogens with one attached hydrogen (secondary N) is 1. The van der Waals surface area contributed by atoms with Crippen LogP contribution in [0, 0.1) is 0 Å². The fourth-order valence-electron chi connectivity index (χ4n) is 1.70. The Labute approximate surface area is 90.3 Å². The molecular formula is C11H18N2O2. The summed E-state index contributed by atoms with van der Waals surface area (Å²) in [6, 6.07) is -0.234. The van der Waals surface area contributed by atoms with Crippen molar-refractivity contribution in [2.75, 3.05) is 19.6 Å². The van der Waals surface area contributed by atoms with Crippen molar-refractivity contribution in [3.8, 4) is 0 Å². The van der Waals surface area contributed by atoms with Crippen molar-refractivity contribution < 1.29 is 9.90 Å². The second kappa shape index (κ2) is 4.59. The minimum absolute atomic E-state index is 0.234. The average Bonchev–Trinajstić information content (AvgIpc) is 2.24. The van der Waals surface area contributed by atoms with E-state index in [1.807, 2.05) is 11.8 Å². The maximum absolute atomic E-state index is 11.3. The number of β-amino-alcohol motifs (C(OH)–C–C–N with tert-alkyl or cyclic N) is 1. The molecule has 1 fully saturated rings. The van der Waals surface area contributed by atoms with Crippen LogP contribution in [0.5, 0.6) is 0 Å². The van der Waals surface area contributed by atoms with Crippen LogP contribution in [0.3, 0.4) is 0 Å². The molecule has 1 rings (SSSR count). The fourth-order valence-corrected chi connectivity index (χ4v) is 1.70. The molecule has 0 aromatic rings. The molecule has 0 aliphatic carbocycles. The molecule has 1 saturated heterocycles. The number of carbonyl (C=O) groups excluding carboxylic acids is 1. The predicted molar refractivity (Wildman–Crippen MR) is 59.4 cm³/mol.